The molecule has 0 saturated heterocycles. The van der Waals surface area contributed by atoms with Crippen LogP contribution in [-0.4, -0.2) is 22.2 Å². The fraction of sp³-hybridized carbons (Fsp3) is 0.154. The van der Waals surface area contributed by atoms with Crippen LogP contribution in [0.2, 0.25) is 0 Å². The highest BCUT2D eigenvalue weighted by Crippen LogP contribution is 2.25. The van der Waals surface area contributed by atoms with Crippen molar-refractivity contribution < 1.29 is 9.18 Å². The predicted octanol–water partition coefficient (Wildman–Crippen LogP) is 5.25. The lowest BCUT2D eigenvalue weighted by Crippen LogP contribution is -2.22. The molecule has 0 radical (unpaired) electrons. The largest absolute Gasteiger partial charge is 0.322 e. The molecule has 7 heteroatoms. The highest BCUT2D eigenvalue weighted by Gasteiger charge is 2.19. The summed E-state index contributed by atoms with van der Waals surface area (Å²) in [6.45, 7) is 2.98. The maximum Gasteiger partial charge on any atom is 0.259 e. The molecule has 0 spiro atoms. The Bertz CT molecular complexity index is 1210. The molecule has 0 bridgehead atoms. The number of benzene rings is 2. The molecule has 3 aromatic carbocycles. The number of aromatic nitrogens is 2. The second-order valence-corrected chi connectivity index (χ2v) is 7.46. The van der Waals surface area contributed by atoms with E-state index in [9.17, 15) is 9.18 Å². The van der Waals surface area contributed by atoms with E-state index in [-0.39, 0.29) is 11.7 Å². The smallest absolute Gasteiger partial charge is 0.259 e. The van der Waals surface area contributed by atoms with E-state index in [0.717, 1.165) is 25.1 Å². The lowest BCUT2D eigenvalue weighted by atomic mass is 10.1. The van der Waals surface area contributed by atoms with Gasteiger partial charge in [0, 0.05) is 24.0 Å². The lowest BCUT2D eigenvalue weighted by molar-refractivity contribution is 0.102. The van der Waals surface area contributed by atoms with Crippen LogP contribution in [0.1, 0.15) is 30.1 Å². The number of amides is 1. The maximum atomic E-state index is 13.5. The lowest BCUT2D eigenvalue weighted by Gasteiger charge is -2.10. The number of hydrogen-bond donors (Lipinski definition) is 3. The number of halogens is 1. The van der Waals surface area contributed by atoms with Gasteiger partial charge < -0.3 is 10.7 Å². The molecule has 166 valence electrons. The maximum absolute atomic E-state index is 13.5. The zero-order valence-corrected chi connectivity index (χ0v) is 18.2. The van der Waals surface area contributed by atoms with Crippen molar-refractivity contribution in [2.75, 3.05) is 17.3 Å². The van der Waals surface area contributed by atoms with Crippen molar-refractivity contribution in [3.8, 4) is 16.9 Å². The van der Waals surface area contributed by atoms with Gasteiger partial charge in [-0.3, -0.25) is 4.79 Å². The number of nitrogens with zero attached hydrogens (tertiary/aromatic N) is 2. The van der Waals surface area contributed by atoms with Gasteiger partial charge in [0.25, 0.3) is 5.91 Å². The Morgan fingerprint density at radius 2 is 1.91 bits per heavy atom. The first-order valence-electron chi connectivity index (χ1n) is 10.8. The van der Waals surface area contributed by atoms with Gasteiger partial charge >= 0.3 is 0 Å². The van der Waals surface area contributed by atoms with E-state index in [1.165, 1.54) is 12.1 Å². The molecule has 0 aliphatic rings. The molecule has 0 atom stereocenters. The van der Waals surface area contributed by atoms with Crippen molar-refractivity contribution in [1.29, 1.82) is 0 Å². The summed E-state index contributed by atoms with van der Waals surface area (Å²) in [6.07, 6.45) is 3.81. The first-order chi connectivity index (χ1) is 16.1. The van der Waals surface area contributed by atoms with E-state index in [4.69, 9.17) is 0 Å². The number of hydrazine groups is 1. The summed E-state index contributed by atoms with van der Waals surface area (Å²) in [5.41, 5.74) is 9.86. The number of nitrogens with one attached hydrogen (secondary N) is 3. The van der Waals surface area contributed by atoms with Crippen LogP contribution in [0.3, 0.4) is 0 Å². The van der Waals surface area contributed by atoms with Crippen molar-refractivity contribution in [2.24, 2.45) is 0 Å². The number of unbranched alkanes of at least 4 members (excludes halogenated alkanes) is 1. The molecular formula is C26H24FN5O. The van der Waals surface area contributed by atoms with E-state index in [0.29, 0.717) is 28.2 Å². The third kappa shape index (κ3) is 5.56. The third-order valence-electron chi connectivity index (χ3n) is 4.97. The van der Waals surface area contributed by atoms with Gasteiger partial charge in [-0.05, 0) is 67.1 Å². The number of hydrogen-bond acceptors (Lipinski definition) is 4. The molecule has 1 aromatic heterocycles. The van der Waals surface area contributed by atoms with Crippen LogP contribution in [0.25, 0.3) is 16.9 Å². The number of rotatable bonds is 9. The first-order valence-corrected chi connectivity index (χ1v) is 10.8. The molecule has 3 N–H and O–H groups in total. The summed E-state index contributed by atoms with van der Waals surface area (Å²) in [5.74, 6) is -0.677. The predicted molar refractivity (Wildman–Crippen MR) is 128 cm³/mol. The standard InChI is InChI=1S/C26H24FN5O/c1-2-3-16-28-30-22-9-7-8-21(17-22)29-26(33)24-18-32(23-10-5-4-6-11-23)31-25(24)19-12-14-20(27)15-13-19/h4-5,7-10,12-15,17-18,28,30H,2-3,16H2,1H3,(H,29,33). The molecule has 1 heterocycles. The Balaban J connectivity index is 1.60. The Kier molecular flexibility index (Phi) is 6.98. The Labute approximate surface area is 192 Å². The third-order valence-corrected chi connectivity index (χ3v) is 4.97. The SMILES string of the molecule is CCCCNNc1cccc(NC(=O)c2cn(-c3c#cccc3)nc2-c2ccc(F)cc2)c1. The van der Waals surface area contributed by atoms with Gasteiger partial charge in [0.05, 0.1) is 11.3 Å². The quantitative estimate of drug-likeness (QED) is 0.245. The fourth-order valence-electron chi connectivity index (χ4n) is 3.27. The van der Waals surface area contributed by atoms with Gasteiger partial charge in [0.1, 0.15) is 17.2 Å². The van der Waals surface area contributed by atoms with E-state index in [1.807, 2.05) is 36.4 Å². The van der Waals surface area contributed by atoms with Gasteiger partial charge in [-0.15, -0.1) is 0 Å². The topological polar surface area (TPSA) is 71.0 Å². The van der Waals surface area contributed by atoms with E-state index in [1.54, 1.807) is 29.1 Å². The number of carbonyl (C=O) groups excluding carboxylic acids is 1. The van der Waals surface area contributed by atoms with Crippen LogP contribution in [0, 0.1) is 17.9 Å². The summed E-state index contributed by atoms with van der Waals surface area (Å²) >= 11 is 0. The summed E-state index contributed by atoms with van der Waals surface area (Å²) in [5, 5.41) is 7.51. The second-order valence-electron chi connectivity index (χ2n) is 7.46. The second kappa shape index (κ2) is 10.4. The van der Waals surface area contributed by atoms with Crippen molar-refractivity contribution in [2.45, 2.75) is 19.8 Å². The van der Waals surface area contributed by atoms with E-state index >= 15 is 0 Å². The fourth-order valence-corrected chi connectivity index (χ4v) is 3.27. The number of carbonyl (C=O) groups is 1. The van der Waals surface area contributed by atoms with Crippen LogP contribution in [0.5, 0.6) is 0 Å². The molecule has 0 unspecified atom stereocenters. The van der Waals surface area contributed by atoms with Gasteiger partial charge in [-0.25, -0.2) is 14.5 Å². The zero-order chi connectivity index (χ0) is 23.0. The minimum Gasteiger partial charge on any atom is -0.322 e. The van der Waals surface area contributed by atoms with Gasteiger partial charge in [-0.2, -0.15) is 5.10 Å². The zero-order valence-electron chi connectivity index (χ0n) is 18.2. The van der Waals surface area contributed by atoms with Crippen LogP contribution in [0.15, 0.2) is 72.9 Å². The summed E-state index contributed by atoms with van der Waals surface area (Å²) < 4.78 is 15.0. The molecule has 0 aliphatic carbocycles. The van der Waals surface area contributed by atoms with Crippen LogP contribution in [0.4, 0.5) is 15.8 Å². The molecular weight excluding hydrogens is 417 g/mol. The molecule has 4 aromatic rings. The highest BCUT2D eigenvalue weighted by atomic mass is 19.1. The van der Waals surface area contributed by atoms with E-state index in [2.05, 4.69) is 40.3 Å². The molecule has 0 saturated carbocycles. The summed E-state index contributed by atoms with van der Waals surface area (Å²) in [7, 11) is 0. The molecule has 1 amide bonds. The Hall–Kier alpha value is -4.15. The minimum atomic E-state index is -0.355. The Morgan fingerprint density at radius 3 is 2.67 bits per heavy atom. The van der Waals surface area contributed by atoms with Crippen molar-refractivity contribution in [3.63, 3.8) is 0 Å². The van der Waals surface area contributed by atoms with Crippen LogP contribution < -0.4 is 16.2 Å². The normalized spacial score (nSPS) is 10.5. The summed E-state index contributed by atoms with van der Waals surface area (Å²) in [4.78, 5) is 13.2. The van der Waals surface area contributed by atoms with Gasteiger partial charge in [0.15, 0.2) is 0 Å². The van der Waals surface area contributed by atoms with Gasteiger partial charge in [0.2, 0.25) is 0 Å². The average molecular weight is 442 g/mol. The molecule has 33 heavy (non-hydrogen) atoms. The van der Waals surface area contributed by atoms with Gasteiger partial charge in [-0.1, -0.05) is 31.5 Å². The van der Waals surface area contributed by atoms with Crippen molar-refractivity contribution >= 4 is 17.3 Å². The average Bonchev–Trinajstić information content (AvgIpc) is 3.29. The van der Waals surface area contributed by atoms with Crippen LogP contribution in [-0.2, 0) is 0 Å². The monoisotopic (exact) mass is 441 g/mol. The van der Waals surface area contributed by atoms with E-state index < -0.39 is 0 Å². The minimum absolute atomic E-state index is 0.323. The first kappa shape index (κ1) is 22.1. The molecule has 6 nitrogen and oxygen atoms in total. The summed E-state index contributed by atoms with van der Waals surface area (Å²) in [6, 6.07) is 24.6. The van der Waals surface area contributed by atoms with Crippen molar-refractivity contribution in [3.05, 3.63) is 96.4 Å². The molecule has 4 rings (SSSR count). The van der Waals surface area contributed by atoms with Crippen molar-refractivity contribution in [1.82, 2.24) is 15.2 Å². The molecule has 0 fully saturated rings. The number of anilines is 2. The van der Waals surface area contributed by atoms with Crippen LogP contribution >= 0.6 is 0 Å². The Morgan fingerprint density at radius 1 is 1.09 bits per heavy atom. The highest BCUT2D eigenvalue weighted by molar-refractivity contribution is 6.08. The molecule has 0 aliphatic heterocycles.